The van der Waals surface area contributed by atoms with E-state index < -0.39 is 39.8 Å². The summed E-state index contributed by atoms with van der Waals surface area (Å²) in [5, 5.41) is -1.59. The Kier molecular flexibility index (Phi) is 3.67. The van der Waals surface area contributed by atoms with Crippen LogP contribution in [-0.4, -0.2) is 5.24 Å². The second-order valence-electron chi connectivity index (χ2n) is 3.48. The van der Waals surface area contributed by atoms with Gasteiger partial charge in [-0.05, 0) is 36.2 Å². The van der Waals surface area contributed by atoms with Crippen LogP contribution in [0.15, 0.2) is 12.1 Å². The Balaban J connectivity index is 3.60. The fourth-order valence-corrected chi connectivity index (χ4v) is 1.57. The molecule has 1 nitrogen and oxygen atoms in total. The molecule has 1 aromatic rings. The molecule has 1 rings (SSSR count). The molecule has 0 bridgehead atoms. The molecular formula is C10H5ClF6O. The Morgan fingerprint density at radius 2 is 1.44 bits per heavy atom. The minimum Gasteiger partial charge on any atom is -0.276 e. The van der Waals surface area contributed by atoms with E-state index in [1.165, 1.54) is 0 Å². The van der Waals surface area contributed by atoms with Crippen LogP contribution in [0.3, 0.4) is 0 Å². The summed E-state index contributed by atoms with van der Waals surface area (Å²) < 4.78 is 75.0. The average molecular weight is 291 g/mol. The number of hydrogen-bond acceptors (Lipinski definition) is 1. The molecule has 0 aliphatic carbocycles. The van der Waals surface area contributed by atoms with Gasteiger partial charge in [0.1, 0.15) is 0 Å². The van der Waals surface area contributed by atoms with E-state index in [2.05, 4.69) is 0 Å². The van der Waals surface area contributed by atoms with Crippen molar-refractivity contribution in [1.29, 1.82) is 0 Å². The first-order valence-corrected chi connectivity index (χ1v) is 4.81. The van der Waals surface area contributed by atoms with Gasteiger partial charge in [-0.25, -0.2) is 0 Å². The predicted octanol–water partition coefficient (Wildman–Crippen LogP) is 4.41. The second kappa shape index (κ2) is 4.46. The maximum atomic E-state index is 12.5. The van der Waals surface area contributed by atoms with Crippen LogP contribution >= 0.6 is 11.6 Å². The number of rotatable bonds is 1. The van der Waals surface area contributed by atoms with Crippen molar-refractivity contribution in [3.8, 4) is 0 Å². The van der Waals surface area contributed by atoms with Gasteiger partial charge in [-0.1, -0.05) is 0 Å². The van der Waals surface area contributed by atoms with Gasteiger partial charge >= 0.3 is 12.4 Å². The lowest BCUT2D eigenvalue weighted by atomic mass is 9.99. The normalized spacial score (nSPS) is 12.7. The third kappa shape index (κ3) is 2.95. The van der Waals surface area contributed by atoms with E-state index in [4.69, 9.17) is 11.6 Å². The first-order valence-electron chi connectivity index (χ1n) is 4.43. The van der Waals surface area contributed by atoms with Gasteiger partial charge in [0.05, 0.1) is 11.1 Å². The van der Waals surface area contributed by atoms with Gasteiger partial charge < -0.3 is 0 Å². The van der Waals surface area contributed by atoms with E-state index >= 15 is 0 Å². The van der Waals surface area contributed by atoms with E-state index in [-0.39, 0.29) is 12.1 Å². The lowest BCUT2D eigenvalue weighted by molar-refractivity contribution is -0.141. The number of alkyl halides is 6. The zero-order chi connectivity index (χ0) is 14.3. The molecule has 0 N–H and O–H groups in total. The largest absolute Gasteiger partial charge is 0.417 e. The van der Waals surface area contributed by atoms with Crippen LogP contribution in [-0.2, 0) is 12.4 Å². The zero-order valence-electron chi connectivity index (χ0n) is 8.71. The van der Waals surface area contributed by atoms with Gasteiger partial charge in [0.25, 0.3) is 5.24 Å². The molecule has 0 aliphatic rings. The zero-order valence-corrected chi connectivity index (χ0v) is 9.46. The first-order chi connectivity index (χ1) is 7.94. The van der Waals surface area contributed by atoms with Crippen LogP contribution in [0, 0.1) is 6.92 Å². The Morgan fingerprint density at radius 3 is 1.78 bits per heavy atom. The first kappa shape index (κ1) is 14.8. The summed E-state index contributed by atoms with van der Waals surface area (Å²) in [6.07, 6.45) is -9.80. The maximum Gasteiger partial charge on any atom is 0.417 e. The molecule has 0 radical (unpaired) electrons. The van der Waals surface area contributed by atoms with E-state index in [9.17, 15) is 31.1 Å². The van der Waals surface area contributed by atoms with Crippen molar-refractivity contribution < 1.29 is 31.1 Å². The number of aryl methyl sites for hydroxylation is 1. The molecule has 0 fully saturated rings. The molecule has 0 atom stereocenters. The highest BCUT2D eigenvalue weighted by molar-refractivity contribution is 6.68. The SMILES string of the molecule is Cc1cc(C(F)(F)F)c(C(=O)Cl)cc1C(F)(F)F. The van der Waals surface area contributed by atoms with Crippen molar-refractivity contribution in [3.63, 3.8) is 0 Å². The van der Waals surface area contributed by atoms with Gasteiger partial charge in [-0.2, -0.15) is 26.3 Å². The van der Waals surface area contributed by atoms with Crippen molar-refractivity contribution in [2.24, 2.45) is 0 Å². The van der Waals surface area contributed by atoms with Crippen LogP contribution in [0.5, 0.6) is 0 Å². The highest BCUT2D eigenvalue weighted by atomic mass is 35.5. The molecule has 0 saturated carbocycles. The van der Waals surface area contributed by atoms with Gasteiger partial charge in [0.15, 0.2) is 0 Å². The van der Waals surface area contributed by atoms with Crippen LogP contribution in [0.25, 0.3) is 0 Å². The summed E-state index contributed by atoms with van der Waals surface area (Å²) in [5.41, 5.74) is -4.63. The summed E-state index contributed by atoms with van der Waals surface area (Å²) in [5.74, 6) is 0. The van der Waals surface area contributed by atoms with Gasteiger partial charge in [0, 0.05) is 5.56 Å². The van der Waals surface area contributed by atoms with Crippen molar-refractivity contribution in [2.45, 2.75) is 19.3 Å². The van der Waals surface area contributed by atoms with Crippen molar-refractivity contribution in [1.82, 2.24) is 0 Å². The van der Waals surface area contributed by atoms with Crippen molar-refractivity contribution in [2.75, 3.05) is 0 Å². The monoisotopic (exact) mass is 290 g/mol. The molecule has 0 aliphatic heterocycles. The van der Waals surface area contributed by atoms with Gasteiger partial charge in [0.2, 0.25) is 0 Å². The molecule has 0 spiro atoms. The quantitative estimate of drug-likeness (QED) is 0.553. The fourth-order valence-electron chi connectivity index (χ4n) is 1.41. The lowest BCUT2D eigenvalue weighted by Gasteiger charge is -2.16. The molecule has 0 saturated heterocycles. The minimum absolute atomic E-state index is 0.119. The average Bonchev–Trinajstić information content (AvgIpc) is 2.13. The molecule has 0 unspecified atom stereocenters. The lowest BCUT2D eigenvalue weighted by Crippen LogP contribution is -2.15. The van der Waals surface area contributed by atoms with Gasteiger partial charge in [-0.3, -0.25) is 4.79 Å². The summed E-state index contributed by atoms with van der Waals surface area (Å²) in [4.78, 5) is 10.8. The molecule has 0 aromatic heterocycles. The summed E-state index contributed by atoms with van der Waals surface area (Å²) in [7, 11) is 0. The third-order valence-electron chi connectivity index (χ3n) is 2.19. The Labute approximate surface area is 102 Å². The molecule has 100 valence electrons. The third-order valence-corrected chi connectivity index (χ3v) is 2.39. The Morgan fingerprint density at radius 1 is 1.00 bits per heavy atom. The topological polar surface area (TPSA) is 17.1 Å². The molecular weight excluding hydrogens is 286 g/mol. The molecule has 0 amide bonds. The standard InChI is InChI=1S/C10H5ClF6O/c1-4-2-7(10(15,16)17)5(8(11)18)3-6(4)9(12,13)14/h2-3H,1H3. The van der Waals surface area contributed by atoms with Crippen LogP contribution in [0.1, 0.15) is 27.0 Å². The number of carbonyl (C=O) groups excluding carboxylic acids is 1. The van der Waals surface area contributed by atoms with E-state index in [1.807, 2.05) is 0 Å². The Hall–Kier alpha value is -1.24. The van der Waals surface area contributed by atoms with E-state index in [0.29, 0.717) is 0 Å². The number of hydrogen-bond donors (Lipinski definition) is 0. The van der Waals surface area contributed by atoms with Crippen LogP contribution < -0.4 is 0 Å². The van der Waals surface area contributed by atoms with Crippen LogP contribution in [0.2, 0.25) is 0 Å². The fraction of sp³-hybridized carbons (Fsp3) is 0.300. The highest BCUT2D eigenvalue weighted by Gasteiger charge is 2.39. The van der Waals surface area contributed by atoms with Crippen LogP contribution in [0.4, 0.5) is 26.3 Å². The molecule has 0 heterocycles. The van der Waals surface area contributed by atoms with E-state index in [1.54, 1.807) is 0 Å². The highest BCUT2D eigenvalue weighted by Crippen LogP contribution is 2.39. The Bertz CT molecular complexity index is 488. The smallest absolute Gasteiger partial charge is 0.276 e. The number of carbonyl (C=O) groups is 1. The summed E-state index contributed by atoms with van der Waals surface area (Å²) >= 11 is 4.88. The number of benzene rings is 1. The summed E-state index contributed by atoms with van der Waals surface area (Å²) in [6, 6.07) is 0.381. The maximum absolute atomic E-state index is 12.5. The summed E-state index contributed by atoms with van der Waals surface area (Å²) in [6.45, 7) is 0.876. The van der Waals surface area contributed by atoms with E-state index in [0.717, 1.165) is 6.92 Å². The molecule has 1 aromatic carbocycles. The van der Waals surface area contributed by atoms with Gasteiger partial charge in [-0.15, -0.1) is 0 Å². The van der Waals surface area contributed by atoms with Crippen molar-refractivity contribution in [3.05, 3.63) is 34.4 Å². The predicted molar refractivity (Wildman–Crippen MR) is 51.4 cm³/mol. The molecule has 8 heteroatoms. The second-order valence-corrected chi connectivity index (χ2v) is 3.83. The molecule has 18 heavy (non-hydrogen) atoms. The number of halogens is 7. The minimum atomic E-state index is -4.95. The van der Waals surface area contributed by atoms with Crippen molar-refractivity contribution >= 4 is 16.8 Å².